The van der Waals surface area contributed by atoms with E-state index in [0.717, 1.165) is 12.1 Å². The van der Waals surface area contributed by atoms with E-state index in [1.54, 1.807) is 19.1 Å². The number of rotatable bonds is 6. The topological polar surface area (TPSA) is 70.8 Å². The summed E-state index contributed by atoms with van der Waals surface area (Å²) in [6, 6.07) is 6.63. The Morgan fingerprint density at radius 2 is 2.10 bits per heavy atom. The van der Waals surface area contributed by atoms with Gasteiger partial charge in [-0.2, -0.15) is 4.31 Å². The van der Waals surface area contributed by atoms with Gasteiger partial charge >= 0.3 is 0 Å². The van der Waals surface area contributed by atoms with Gasteiger partial charge in [-0.15, -0.1) is 0 Å². The zero-order chi connectivity index (χ0) is 15.5. The molecular formula is C14H16FNO4S. The molecule has 0 spiro atoms. The third-order valence-electron chi connectivity index (χ3n) is 3.08. The maximum Gasteiger partial charge on any atom is 0.243 e. The number of halogens is 1. The van der Waals surface area contributed by atoms with Crippen molar-refractivity contribution in [1.82, 2.24) is 4.31 Å². The van der Waals surface area contributed by atoms with Crippen molar-refractivity contribution in [2.45, 2.75) is 25.0 Å². The highest BCUT2D eigenvalue weighted by Gasteiger charge is 2.27. The highest BCUT2D eigenvalue weighted by molar-refractivity contribution is 7.89. The summed E-state index contributed by atoms with van der Waals surface area (Å²) in [4.78, 5) is -0.224. The molecule has 0 bridgehead atoms. The minimum Gasteiger partial charge on any atom is -0.468 e. The van der Waals surface area contributed by atoms with E-state index in [4.69, 9.17) is 4.42 Å². The lowest BCUT2D eigenvalue weighted by molar-refractivity contribution is 0.277. The molecule has 1 aromatic carbocycles. The number of nitrogens with zero attached hydrogens (tertiary/aromatic N) is 1. The molecule has 0 aliphatic carbocycles. The number of benzene rings is 1. The normalized spacial score (nSPS) is 12.0. The van der Waals surface area contributed by atoms with Gasteiger partial charge in [0.1, 0.15) is 11.6 Å². The average molecular weight is 313 g/mol. The fraction of sp³-hybridized carbons (Fsp3) is 0.286. The van der Waals surface area contributed by atoms with Crippen molar-refractivity contribution in [2.75, 3.05) is 6.54 Å². The Morgan fingerprint density at radius 1 is 1.33 bits per heavy atom. The van der Waals surface area contributed by atoms with E-state index in [-0.39, 0.29) is 23.5 Å². The van der Waals surface area contributed by atoms with E-state index >= 15 is 0 Å². The molecule has 1 heterocycles. The fourth-order valence-electron chi connectivity index (χ4n) is 1.98. The number of aliphatic hydroxyl groups excluding tert-OH is 1. The minimum atomic E-state index is -3.92. The Kier molecular flexibility index (Phi) is 4.76. The van der Waals surface area contributed by atoms with Gasteiger partial charge in [0, 0.05) is 6.54 Å². The van der Waals surface area contributed by atoms with E-state index < -0.39 is 22.4 Å². The molecule has 0 amide bonds. The third-order valence-corrected chi connectivity index (χ3v) is 5.09. The van der Waals surface area contributed by atoms with Gasteiger partial charge in [-0.1, -0.05) is 13.0 Å². The minimum absolute atomic E-state index is 0.0488. The first-order valence-electron chi connectivity index (χ1n) is 6.41. The van der Waals surface area contributed by atoms with Crippen molar-refractivity contribution in [1.29, 1.82) is 0 Å². The highest BCUT2D eigenvalue weighted by Crippen LogP contribution is 2.23. The predicted octanol–water partition coefficient (Wildman–Crippen LogP) is 2.12. The van der Waals surface area contributed by atoms with Gasteiger partial charge in [0.15, 0.2) is 0 Å². The zero-order valence-corrected chi connectivity index (χ0v) is 12.3. The molecule has 5 nitrogen and oxygen atoms in total. The maximum absolute atomic E-state index is 13.4. The first-order valence-corrected chi connectivity index (χ1v) is 7.85. The Morgan fingerprint density at radius 3 is 2.67 bits per heavy atom. The molecule has 2 aromatic rings. The molecule has 0 fully saturated rings. The monoisotopic (exact) mass is 313 g/mol. The van der Waals surface area contributed by atoms with Crippen molar-refractivity contribution in [3.05, 3.63) is 53.7 Å². The van der Waals surface area contributed by atoms with Crippen molar-refractivity contribution >= 4 is 10.0 Å². The second-order valence-electron chi connectivity index (χ2n) is 4.42. The summed E-state index contributed by atoms with van der Waals surface area (Å²) >= 11 is 0. The molecule has 114 valence electrons. The lowest BCUT2D eigenvalue weighted by Crippen LogP contribution is -2.31. The molecule has 0 saturated heterocycles. The molecule has 7 heteroatoms. The van der Waals surface area contributed by atoms with Gasteiger partial charge in [0.25, 0.3) is 0 Å². The fourth-order valence-corrected chi connectivity index (χ4v) is 3.62. The lowest BCUT2D eigenvalue weighted by Gasteiger charge is -2.21. The average Bonchev–Trinajstić information content (AvgIpc) is 2.97. The molecule has 1 N–H and O–H groups in total. The first kappa shape index (κ1) is 15.7. The van der Waals surface area contributed by atoms with E-state index in [0.29, 0.717) is 5.76 Å². The molecule has 0 unspecified atom stereocenters. The van der Waals surface area contributed by atoms with E-state index in [9.17, 15) is 17.9 Å². The summed E-state index contributed by atoms with van der Waals surface area (Å²) in [5, 5.41) is 9.26. The van der Waals surface area contributed by atoms with Gasteiger partial charge in [-0.05, 0) is 29.8 Å². The van der Waals surface area contributed by atoms with Crippen LogP contribution in [-0.4, -0.2) is 24.4 Å². The van der Waals surface area contributed by atoms with Crippen LogP contribution in [0.1, 0.15) is 18.2 Å². The van der Waals surface area contributed by atoms with Crippen LogP contribution in [0.15, 0.2) is 45.9 Å². The molecule has 1 aromatic heterocycles. The quantitative estimate of drug-likeness (QED) is 0.887. The Hall–Kier alpha value is -1.70. The Labute approximate surface area is 122 Å². The van der Waals surface area contributed by atoms with Gasteiger partial charge in [-0.3, -0.25) is 0 Å². The molecule has 21 heavy (non-hydrogen) atoms. The Bertz CT molecular complexity index is 698. The third kappa shape index (κ3) is 3.31. The van der Waals surface area contributed by atoms with Crippen LogP contribution in [0, 0.1) is 5.82 Å². The van der Waals surface area contributed by atoms with Crippen LogP contribution < -0.4 is 0 Å². The van der Waals surface area contributed by atoms with Crippen LogP contribution in [-0.2, 0) is 23.2 Å². The van der Waals surface area contributed by atoms with Crippen molar-refractivity contribution < 1.29 is 22.3 Å². The predicted molar refractivity (Wildman–Crippen MR) is 74.3 cm³/mol. The number of hydrogen-bond acceptors (Lipinski definition) is 4. The smallest absolute Gasteiger partial charge is 0.243 e. The summed E-state index contributed by atoms with van der Waals surface area (Å²) < 4.78 is 44.9. The highest BCUT2D eigenvalue weighted by atomic mass is 32.2. The summed E-state index contributed by atoms with van der Waals surface area (Å²) in [5.41, 5.74) is 0.161. The van der Waals surface area contributed by atoms with Crippen molar-refractivity contribution in [3.8, 4) is 0 Å². The maximum atomic E-state index is 13.4. The van der Waals surface area contributed by atoms with Crippen LogP contribution >= 0.6 is 0 Å². The zero-order valence-electron chi connectivity index (χ0n) is 11.5. The lowest BCUT2D eigenvalue weighted by atomic mass is 10.2. The van der Waals surface area contributed by atoms with E-state index in [1.165, 1.54) is 16.6 Å². The number of furan rings is 1. The van der Waals surface area contributed by atoms with E-state index in [2.05, 4.69) is 0 Å². The first-order chi connectivity index (χ1) is 9.98. The molecule has 0 radical (unpaired) electrons. The van der Waals surface area contributed by atoms with Gasteiger partial charge < -0.3 is 9.52 Å². The summed E-state index contributed by atoms with van der Waals surface area (Å²) in [6.45, 7) is 1.45. The molecular weight excluding hydrogens is 297 g/mol. The van der Waals surface area contributed by atoms with Gasteiger partial charge in [0.05, 0.1) is 24.3 Å². The van der Waals surface area contributed by atoms with Crippen LogP contribution in [0.2, 0.25) is 0 Å². The number of aliphatic hydroxyl groups is 1. The second kappa shape index (κ2) is 6.38. The SMILES string of the molecule is CCN(Cc1ccco1)S(=O)(=O)c1cc(F)ccc1CO. The largest absolute Gasteiger partial charge is 0.468 e. The van der Waals surface area contributed by atoms with Gasteiger partial charge in [-0.25, -0.2) is 12.8 Å². The van der Waals surface area contributed by atoms with E-state index in [1.807, 2.05) is 0 Å². The second-order valence-corrected chi connectivity index (χ2v) is 6.33. The number of sulfonamides is 1. The summed E-state index contributed by atoms with van der Waals surface area (Å²) in [6.07, 6.45) is 1.46. The summed E-state index contributed by atoms with van der Waals surface area (Å²) in [7, 11) is -3.92. The summed E-state index contributed by atoms with van der Waals surface area (Å²) in [5.74, 6) is -0.179. The standard InChI is InChI=1S/C14H16FNO4S/c1-2-16(9-13-4-3-7-20-13)21(18,19)14-8-12(15)6-5-11(14)10-17/h3-8,17H,2,9-10H2,1H3. The molecule has 0 aliphatic heterocycles. The molecule has 2 rings (SSSR count). The van der Waals surface area contributed by atoms with Gasteiger partial charge in [0.2, 0.25) is 10.0 Å². The van der Waals surface area contributed by atoms with Crippen LogP contribution in [0.5, 0.6) is 0 Å². The number of hydrogen-bond donors (Lipinski definition) is 1. The van der Waals surface area contributed by atoms with Crippen LogP contribution in [0.25, 0.3) is 0 Å². The van der Waals surface area contributed by atoms with Crippen LogP contribution in [0.4, 0.5) is 4.39 Å². The molecule has 0 aliphatic rings. The van der Waals surface area contributed by atoms with Crippen LogP contribution in [0.3, 0.4) is 0 Å². The molecule has 0 atom stereocenters. The van der Waals surface area contributed by atoms with Crippen molar-refractivity contribution in [2.24, 2.45) is 0 Å². The van der Waals surface area contributed by atoms with Crippen molar-refractivity contribution in [3.63, 3.8) is 0 Å². The molecule has 0 saturated carbocycles. The Balaban J connectivity index is 2.41.